The quantitative estimate of drug-likeness (QED) is 0.786. The van der Waals surface area contributed by atoms with Crippen molar-refractivity contribution in [2.24, 2.45) is 0 Å². The van der Waals surface area contributed by atoms with Crippen LogP contribution in [0.2, 0.25) is 0 Å². The lowest BCUT2D eigenvalue weighted by atomic mass is 10.2. The van der Waals surface area contributed by atoms with Crippen LogP contribution in [0, 0.1) is 0 Å². The Morgan fingerprint density at radius 2 is 1.92 bits per heavy atom. The summed E-state index contributed by atoms with van der Waals surface area (Å²) in [6, 6.07) is 10.9. The first-order valence-corrected chi connectivity index (χ1v) is 9.22. The van der Waals surface area contributed by atoms with Gasteiger partial charge in [0.05, 0.1) is 19.2 Å². The molecule has 25 heavy (non-hydrogen) atoms. The van der Waals surface area contributed by atoms with Crippen molar-refractivity contribution < 1.29 is 14.3 Å². The third-order valence-electron chi connectivity index (χ3n) is 3.55. The largest absolute Gasteiger partial charge is 0.491 e. The number of ether oxygens (including phenoxy) is 1. The fraction of sp³-hybridized carbons (Fsp3) is 0.368. The van der Waals surface area contributed by atoms with Crippen molar-refractivity contribution in [3.05, 3.63) is 52.2 Å². The molecule has 0 unspecified atom stereocenters. The Hall–Kier alpha value is -2.34. The molecule has 0 saturated heterocycles. The van der Waals surface area contributed by atoms with Gasteiger partial charge < -0.3 is 15.0 Å². The van der Waals surface area contributed by atoms with E-state index in [1.807, 2.05) is 38.3 Å². The Kier molecular flexibility index (Phi) is 7.01. The van der Waals surface area contributed by atoms with Gasteiger partial charge in [0.25, 0.3) is 5.91 Å². The Balaban J connectivity index is 1.86. The molecule has 134 valence electrons. The maximum absolute atomic E-state index is 12.3. The summed E-state index contributed by atoms with van der Waals surface area (Å²) in [5, 5.41) is 4.67. The van der Waals surface area contributed by atoms with Gasteiger partial charge in [-0.3, -0.25) is 9.59 Å². The number of hydrogen-bond acceptors (Lipinski definition) is 4. The molecule has 1 aromatic heterocycles. The molecule has 1 aromatic carbocycles. The first-order chi connectivity index (χ1) is 12.0. The van der Waals surface area contributed by atoms with Crippen LogP contribution in [-0.2, 0) is 11.3 Å². The lowest BCUT2D eigenvalue weighted by Gasteiger charge is -2.20. The normalized spacial score (nSPS) is 10.6. The summed E-state index contributed by atoms with van der Waals surface area (Å²) in [4.78, 5) is 27.4. The number of carbonyl (C=O) groups is 2. The maximum Gasteiger partial charge on any atom is 0.251 e. The van der Waals surface area contributed by atoms with Crippen molar-refractivity contribution in [3.63, 3.8) is 0 Å². The zero-order chi connectivity index (χ0) is 18.2. The predicted molar refractivity (Wildman–Crippen MR) is 99.9 cm³/mol. The minimum absolute atomic E-state index is 0.0116. The van der Waals surface area contributed by atoms with Gasteiger partial charge in [0.2, 0.25) is 5.91 Å². The summed E-state index contributed by atoms with van der Waals surface area (Å²) >= 11 is 1.62. The summed E-state index contributed by atoms with van der Waals surface area (Å²) in [6.07, 6.45) is 0.0840. The van der Waals surface area contributed by atoms with Gasteiger partial charge in [0.1, 0.15) is 5.75 Å². The second-order valence-electron chi connectivity index (χ2n) is 5.86. The molecule has 0 aliphatic rings. The SMILES string of the molecule is CCN(Cc1cccs1)C(=O)CNC(=O)c1ccc(OC(C)C)cc1. The molecule has 1 heterocycles. The van der Waals surface area contributed by atoms with Crippen LogP contribution in [0.15, 0.2) is 41.8 Å². The fourth-order valence-electron chi connectivity index (χ4n) is 2.29. The lowest BCUT2D eigenvalue weighted by molar-refractivity contribution is -0.130. The molecule has 0 bridgehead atoms. The molecule has 0 fully saturated rings. The predicted octanol–water partition coefficient (Wildman–Crippen LogP) is 3.31. The Morgan fingerprint density at radius 3 is 2.48 bits per heavy atom. The highest BCUT2D eigenvalue weighted by Gasteiger charge is 2.14. The monoisotopic (exact) mass is 360 g/mol. The van der Waals surface area contributed by atoms with Crippen molar-refractivity contribution >= 4 is 23.2 Å². The number of amides is 2. The molecule has 0 atom stereocenters. The minimum Gasteiger partial charge on any atom is -0.491 e. The zero-order valence-electron chi connectivity index (χ0n) is 14.8. The highest BCUT2D eigenvalue weighted by molar-refractivity contribution is 7.09. The lowest BCUT2D eigenvalue weighted by Crippen LogP contribution is -2.39. The van der Waals surface area contributed by atoms with E-state index in [1.54, 1.807) is 40.5 Å². The van der Waals surface area contributed by atoms with Crippen molar-refractivity contribution in [2.75, 3.05) is 13.1 Å². The van der Waals surface area contributed by atoms with E-state index in [1.165, 1.54) is 0 Å². The van der Waals surface area contributed by atoms with E-state index in [2.05, 4.69) is 5.32 Å². The van der Waals surface area contributed by atoms with Crippen LogP contribution in [0.4, 0.5) is 0 Å². The zero-order valence-corrected chi connectivity index (χ0v) is 15.6. The average Bonchev–Trinajstić information content (AvgIpc) is 3.10. The van der Waals surface area contributed by atoms with E-state index in [9.17, 15) is 9.59 Å². The standard InChI is InChI=1S/C19H24N2O3S/c1-4-21(13-17-6-5-11-25-17)18(22)12-20-19(23)15-7-9-16(10-8-15)24-14(2)3/h5-11,14H,4,12-13H2,1-3H3,(H,20,23). The Labute approximate surface area is 152 Å². The van der Waals surface area contributed by atoms with Crippen molar-refractivity contribution in [2.45, 2.75) is 33.4 Å². The van der Waals surface area contributed by atoms with E-state index in [0.717, 1.165) is 10.6 Å². The van der Waals surface area contributed by atoms with Gasteiger partial charge in [-0.2, -0.15) is 0 Å². The Morgan fingerprint density at radius 1 is 1.20 bits per heavy atom. The first kappa shape index (κ1) is 19.0. The van der Waals surface area contributed by atoms with E-state index >= 15 is 0 Å². The maximum atomic E-state index is 12.3. The molecule has 0 spiro atoms. The van der Waals surface area contributed by atoms with Crippen LogP contribution in [-0.4, -0.2) is 35.9 Å². The molecule has 0 aliphatic carbocycles. The topological polar surface area (TPSA) is 58.6 Å². The van der Waals surface area contributed by atoms with Gasteiger partial charge in [0.15, 0.2) is 0 Å². The molecule has 5 nitrogen and oxygen atoms in total. The fourth-order valence-corrected chi connectivity index (χ4v) is 3.01. The number of benzene rings is 1. The van der Waals surface area contributed by atoms with E-state index < -0.39 is 0 Å². The second-order valence-corrected chi connectivity index (χ2v) is 6.89. The van der Waals surface area contributed by atoms with Crippen molar-refractivity contribution in [1.82, 2.24) is 10.2 Å². The molecule has 6 heteroatoms. The molecule has 2 amide bonds. The second kappa shape index (κ2) is 9.22. The number of hydrogen-bond donors (Lipinski definition) is 1. The molecule has 1 N–H and O–H groups in total. The number of carbonyl (C=O) groups excluding carboxylic acids is 2. The summed E-state index contributed by atoms with van der Waals surface area (Å²) in [5.41, 5.74) is 0.505. The highest BCUT2D eigenvalue weighted by atomic mass is 32.1. The average molecular weight is 360 g/mol. The van der Waals surface area contributed by atoms with Gasteiger partial charge in [-0.15, -0.1) is 11.3 Å². The van der Waals surface area contributed by atoms with Gasteiger partial charge in [-0.25, -0.2) is 0 Å². The van der Waals surface area contributed by atoms with Gasteiger partial charge >= 0.3 is 0 Å². The number of nitrogens with zero attached hydrogens (tertiary/aromatic N) is 1. The van der Waals surface area contributed by atoms with Crippen LogP contribution in [0.5, 0.6) is 5.75 Å². The third-order valence-corrected chi connectivity index (χ3v) is 4.41. The smallest absolute Gasteiger partial charge is 0.251 e. The summed E-state index contributed by atoms with van der Waals surface area (Å²) < 4.78 is 5.55. The number of rotatable bonds is 8. The van der Waals surface area contributed by atoms with Crippen molar-refractivity contribution in [1.29, 1.82) is 0 Å². The molecule has 0 aliphatic heterocycles. The van der Waals surface area contributed by atoms with E-state index in [4.69, 9.17) is 4.74 Å². The number of nitrogens with one attached hydrogen (secondary N) is 1. The molecule has 0 radical (unpaired) electrons. The van der Waals surface area contributed by atoms with Gasteiger partial charge in [-0.05, 0) is 56.5 Å². The number of thiophene rings is 1. The summed E-state index contributed by atoms with van der Waals surface area (Å²) in [5.74, 6) is 0.358. The summed E-state index contributed by atoms with van der Waals surface area (Å²) in [7, 11) is 0. The minimum atomic E-state index is -0.267. The van der Waals surface area contributed by atoms with Gasteiger partial charge in [0, 0.05) is 17.0 Å². The van der Waals surface area contributed by atoms with E-state index in [-0.39, 0.29) is 24.5 Å². The molecule has 2 rings (SSSR count). The van der Waals surface area contributed by atoms with Crippen LogP contribution in [0.3, 0.4) is 0 Å². The molecule has 2 aromatic rings. The van der Waals surface area contributed by atoms with Gasteiger partial charge in [-0.1, -0.05) is 6.07 Å². The van der Waals surface area contributed by atoms with Crippen LogP contribution < -0.4 is 10.1 Å². The number of likely N-dealkylation sites (N-methyl/N-ethyl adjacent to an activating group) is 1. The first-order valence-electron chi connectivity index (χ1n) is 8.34. The molecule has 0 saturated carbocycles. The Bertz CT molecular complexity index is 681. The van der Waals surface area contributed by atoms with E-state index in [0.29, 0.717) is 18.7 Å². The van der Waals surface area contributed by atoms with Crippen LogP contribution in [0.25, 0.3) is 0 Å². The van der Waals surface area contributed by atoms with Crippen LogP contribution in [0.1, 0.15) is 36.0 Å². The van der Waals surface area contributed by atoms with Crippen LogP contribution >= 0.6 is 11.3 Å². The molecular formula is C19H24N2O3S. The highest BCUT2D eigenvalue weighted by Crippen LogP contribution is 2.14. The third kappa shape index (κ3) is 5.90. The molecular weight excluding hydrogens is 336 g/mol. The van der Waals surface area contributed by atoms with Crippen molar-refractivity contribution in [3.8, 4) is 5.75 Å². The summed E-state index contributed by atoms with van der Waals surface area (Å²) in [6.45, 7) is 6.99.